The lowest BCUT2D eigenvalue weighted by molar-refractivity contribution is -0.136. The van der Waals surface area contributed by atoms with Crippen LogP contribution in [0.4, 0.5) is 0 Å². The fourth-order valence-electron chi connectivity index (χ4n) is 3.97. The van der Waals surface area contributed by atoms with Crippen LogP contribution in [0, 0.1) is 5.92 Å². The van der Waals surface area contributed by atoms with Crippen molar-refractivity contribution in [2.75, 3.05) is 39.9 Å². The largest absolute Gasteiger partial charge is 0.462 e. The summed E-state index contributed by atoms with van der Waals surface area (Å²) in [5, 5.41) is 0. The van der Waals surface area contributed by atoms with E-state index < -0.39 is 16.0 Å². The van der Waals surface area contributed by atoms with Crippen LogP contribution in [-0.2, 0) is 24.3 Å². The number of rotatable bonds is 7. The number of esters is 1. The molecule has 1 aromatic rings. The lowest BCUT2D eigenvalue weighted by Gasteiger charge is -2.33. The number of hydrogen-bond acceptors (Lipinski definition) is 6. The topological polar surface area (TPSA) is 93.2 Å². The highest BCUT2D eigenvalue weighted by Gasteiger charge is 2.34. The molecule has 1 aromatic carbocycles. The van der Waals surface area contributed by atoms with Crippen molar-refractivity contribution in [3.8, 4) is 0 Å². The van der Waals surface area contributed by atoms with Crippen LogP contribution >= 0.6 is 0 Å². The van der Waals surface area contributed by atoms with E-state index in [0.717, 1.165) is 19.4 Å². The Labute approximate surface area is 178 Å². The van der Waals surface area contributed by atoms with E-state index in [1.165, 1.54) is 28.6 Å². The minimum atomic E-state index is -3.67. The van der Waals surface area contributed by atoms with Gasteiger partial charge in [0, 0.05) is 39.2 Å². The molecule has 1 atom stereocenters. The van der Waals surface area contributed by atoms with Crippen molar-refractivity contribution in [3.63, 3.8) is 0 Å². The van der Waals surface area contributed by atoms with Crippen LogP contribution in [0.25, 0.3) is 0 Å². The van der Waals surface area contributed by atoms with Crippen LogP contribution in [0.2, 0.25) is 0 Å². The van der Waals surface area contributed by atoms with E-state index >= 15 is 0 Å². The SMILES string of the molecule is CCOC(=O)c1ccc(S(=O)(=O)N2CCC(C(=O)N(C)CC3CCCO3)CC2)cc1. The minimum absolute atomic E-state index is 0.0568. The Bertz CT molecular complexity index is 841. The summed E-state index contributed by atoms with van der Waals surface area (Å²) in [5.41, 5.74) is 0.314. The van der Waals surface area contributed by atoms with Crippen molar-refractivity contribution >= 4 is 21.9 Å². The molecule has 0 aromatic heterocycles. The molecule has 2 aliphatic heterocycles. The number of benzene rings is 1. The maximum Gasteiger partial charge on any atom is 0.338 e. The molecule has 166 valence electrons. The van der Waals surface area contributed by atoms with E-state index in [1.54, 1.807) is 18.9 Å². The van der Waals surface area contributed by atoms with Crippen LogP contribution in [0.5, 0.6) is 0 Å². The summed E-state index contributed by atoms with van der Waals surface area (Å²) in [6, 6.07) is 5.77. The first-order valence-electron chi connectivity index (χ1n) is 10.5. The second-order valence-electron chi connectivity index (χ2n) is 7.78. The molecule has 0 radical (unpaired) electrons. The van der Waals surface area contributed by atoms with E-state index in [1.807, 2.05) is 0 Å². The van der Waals surface area contributed by atoms with E-state index in [0.29, 0.717) is 38.0 Å². The van der Waals surface area contributed by atoms with Crippen molar-refractivity contribution in [1.29, 1.82) is 0 Å². The number of ether oxygens (including phenoxy) is 2. The number of nitrogens with zero attached hydrogens (tertiary/aromatic N) is 2. The highest BCUT2D eigenvalue weighted by atomic mass is 32.2. The zero-order valence-electron chi connectivity index (χ0n) is 17.6. The third-order valence-corrected chi connectivity index (χ3v) is 7.60. The van der Waals surface area contributed by atoms with Crippen LogP contribution < -0.4 is 0 Å². The van der Waals surface area contributed by atoms with E-state index in [2.05, 4.69) is 0 Å². The lowest BCUT2D eigenvalue weighted by atomic mass is 9.96. The molecule has 3 rings (SSSR count). The summed E-state index contributed by atoms with van der Waals surface area (Å²) in [4.78, 5) is 26.3. The molecule has 0 aliphatic carbocycles. The Balaban J connectivity index is 1.56. The quantitative estimate of drug-likeness (QED) is 0.604. The molecular formula is C21H30N2O6S. The van der Waals surface area contributed by atoms with Gasteiger partial charge in [0.1, 0.15) is 0 Å². The van der Waals surface area contributed by atoms with Gasteiger partial charge in [0.15, 0.2) is 0 Å². The van der Waals surface area contributed by atoms with Gasteiger partial charge in [-0.2, -0.15) is 4.31 Å². The third-order valence-electron chi connectivity index (χ3n) is 5.68. The first-order valence-corrected chi connectivity index (χ1v) is 11.9. The second-order valence-corrected chi connectivity index (χ2v) is 9.71. The number of carbonyl (C=O) groups excluding carboxylic acids is 2. The van der Waals surface area contributed by atoms with Gasteiger partial charge in [0.05, 0.1) is 23.2 Å². The predicted molar refractivity (Wildman–Crippen MR) is 110 cm³/mol. The Hall–Kier alpha value is -1.97. The van der Waals surface area contributed by atoms with Crippen molar-refractivity contribution in [2.24, 2.45) is 5.92 Å². The maximum atomic E-state index is 12.9. The van der Waals surface area contributed by atoms with Gasteiger partial charge in [-0.25, -0.2) is 13.2 Å². The molecule has 0 N–H and O–H groups in total. The van der Waals surface area contributed by atoms with Crippen LogP contribution in [0.3, 0.4) is 0 Å². The molecule has 2 saturated heterocycles. The van der Waals surface area contributed by atoms with Gasteiger partial charge < -0.3 is 14.4 Å². The fraction of sp³-hybridized carbons (Fsp3) is 0.619. The Kier molecular flexibility index (Phi) is 7.49. The zero-order chi connectivity index (χ0) is 21.7. The molecule has 9 heteroatoms. The molecule has 2 fully saturated rings. The van der Waals surface area contributed by atoms with Gasteiger partial charge in [0.2, 0.25) is 15.9 Å². The fourth-order valence-corrected chi connectivity index (χ4v) is 5.43. The number of amides is 1. The van der Waals surface area contributed by atoms with Crippen LogP contribution in [0.1, 0.15) is 43.0 Å². The summed E-state index contributed by atoms with van der Waals surface area (Å²) in [7, 11) is -1.88. The molecular weight excluding hydrogens is 408 g/mol. The average Bonchev–Trinajstić information content (AvgIpc) is 3.26. The number of piperidine rings is 1. The van der Waals surface area contributed by atoms with Gasteiger partial charge in [-0.1, -0.05) is 0 Å². The van der Waals surface area contributed by atoms with Crippen molar-refractivity contribution in [3.05, 3.63) is 29.8 Å². The number of carbonyl (C=O) groups is 2. The van der Waals surface area contributed by atoms with E-state index in [4.69, 9.17) is 9.47 Å². The van der Waals surface area contributed by atoms with Crippen LogP contribution in [0.15, 0.2) is 29.2 Å². The highest BCUT2D eigenvalue weighted by Crippen LogP contribution is 2.26. The third kappa shape index (κ3) is 5.19. The summed E-state index contributed by atoms with van der Waals surface area (Å²) < 4.78 is 37.8. The summed E-state index contributed by atoms with van der Waals surface area (Å²) in [6.45, 7) is 3.91. The standard InChI is InChI=1S/C21H30N2O6S/c1-3-28-21(25)17-6-8-19(9-7-17)30(26,27)23-12-10-16(11-13-23)20(24)22(2)15-18-5-4-14-29-18/h6-9,16,18H,3-5,10-15H2,1-2H3. The average molecular weight is 439 g/mol. The second kappa shape index (κ2) is 9.89. The van der Waals surface area contributed by atoms with Gasteiger partial charge >= 0.3 is 5.97 Å². The smallest absolute Gasteiger partial charge is 0.338 e. The first kappa shape index (κ1) is 22.7. The maximum absolute atomic E-state index is 12.9. The Morgan fingerprint density at radius 2 is 1.83 bits per heavy atom. The monoisotopic (exact) mass is 438 g/mol. The first-order chi connectivity index (χ1) is 14.3. The van der Waals surface area contributed by atoms with Gasteiger partial charge in [-0.05, 0) is 56.9 Å². The van der Waals surface area contributed by atoms with Gasteiger partial charge in [-0.15, -0.1) is 0 Å². The normalized spacial score (nSPS) is 20.8. The summed E-state index contributed by atoms with van der Waals surface area (Å²) in [6.07, 6.45) is 3.11. The minimum Gasteiger partial charge on any atom is -0.462 e. The lowest BCUT2D eigenvalue weighted by Crippen LogP contribution is -2.44. The molecule has 0 spiro atoms. The molecule has 2 aliphatic rings. The molecule has 0 bridgehead atoms. The highest BCUT2D eigenvalue weighted by molar-refractivity contribution is 7.89. The molecule has 1 unspecified atom stereocenters. The molecule has 2 heterocycles. The van der Waals surface area contributed by atoms with Crippen molar-refractivity contribution in [2.45, 2.75) is 43.6 Å². The number of sulfonamides is 1. The number of hydrogen-bond donors (Lipinski definition) is 0. The number of likely N-dealkylation sites (N-methyl/N-ethyl adjacent to an activating group) is 1. The van der Waals surface area contributed by atoms with Gasteiger partial charge in [0.25, 0.3) is 0 Å². The zero-order valence-corrected chi connectivity index (χ0v) is 18.4. The van der Waals surface area contributed by atoms with E-state index in [-0.39, 0.29) is 29.4 Å². The van der Waals surface area contributed by atoms with Crippen molar-refractivity contribution < 1.29 is 27.5 Å². The molecule has 30 heavy (non-hydrogen) atoms. The Morgan fingerprint density at radius 1 is 1.17 bits per heavy atom. The molecule has 1 amide bonds. The van der Waals surface area contributed by atoms with Crippen LogP contribution in [-0.4, -0.2) is 75.5 Å². The molecule has 8 nitrogen and oxygen atoms in total. The van der Waals surface area contributed by atoms with Crippen molar-refractivity contribution in [1.82, 2.24) is 9.21 Å². The summed E-state index contributed by atoms with van der Waals surface area (Å²) in [5.74, 6) is -0.594. The summed E-state index contributed by atoms with van der Waals surface area (Å²) >= 11 is 0. The molecule has 0 saturated carbocycles. The Morgan fingerprint density at radius 3 is 2.40 bits per heavy atom. The van der Waals surface area contributed by atoms with E-state index in [9.17, 15) is 18.0 Å². The predicted octanol–water partition coefficient (Wildman–Crippen LogP) is 1.90. The van der Waals surface area contributed by atoms with Gasteiger partial charge in [-0.3, -0.25) is 4.79 Å².